The molecule has 4 N–H and O–H groups in total. The second-order valence-corrected chi connectivity index (χ2v) is 4.83. The zero-order chi connectivity index (χ0) is 14.0. The maximum atomic E-state index is 5.87. The monoisotopic (exact) mass is 260 g/mol. The average Bonchev–Trinajstić information content (AvgIpc) is 2.76. The fourth-order valence-corrected chi connectivity index (χ4v) is 2.01. The minimum atomic E-state index is 0.202. The number of anilines is 2. The number of hydrogen-bond donors (Lipinski definition) is 2. The summed E-state index contributed by atoms with van der Waals surface area (Å²) >= 11 is 0. The van der Waals surface area contributed by atoms with E-state index in [0.29, 0.717) is 18.3 Å². The molecule has 0 radical (unpaired) electrons. The number of aromatic nitrogens is 4. The second kappa shape index (κ2) is 5.26. The van der Waals surface area contributed by atoms with Crippen LogP contribution in [0, 0.1) is 0 Å². The van der Waals surface area contributed by atoms with Crippen LogP contribution in [-0.2, 0) is 12.8 Å². The van der Waals surface area contributed by atoms with Gasteiger partial charge in [0.25, 0.3) is 0 Å². The standard InChI is InChI=1S/C13H20N6/c1-4-10-6-11(19(18-10)8(2)3)5-9-7-16-13(15)17-12(9)14/h6-8H,4-5H2,1-3H3,(H4,14,15,16,17). The number of nitrogens with zero attached hydrogens (tertiary/aromatic N) is 4. The van der Waals surface area contributed by atoms with Gasteiger partial charge < -0.3 is 11.5 Å². The Bertz CT molecular complexity index is 573. The largest absolute Gasteiger partial charge is 0.383 e. The molecule has 0 unspecified atom stereocenters. The molecule has 0 saturated carbocycles. The number of nitrogen functional groups attached to an aromatic ring is 2. The second-order valence-electron chi connectivity index (χ2n) is 4.83. The van der Waals surface area contributed by atoms with Crippen LogP contribution in [0.2, 0.25) is 0 Å². The van der Waals surface area contributed by atoms with E-state index in [1.165, 1.54) is 0 Å². The molecule has 102 valence electrons. The zero-order valence-corrected chi connectivity index (χ0v) is 11.6. The Hall–Kier alpha value is -2.11. The van der Waals surface area contributed by atoms with E-state index in [1.54, 1.807) is 6.20 Å². The highest BCUT2D eigenvalue weighted by Gasteiger charge is 2.12. The summed E-state index contributed by atoms with van der Waals surface area (Å²) in [7, 11) is 0. The van der Waals surface area contributed by atoms with Crippen molar-refractivity contribution in [3.8, 4) is 0 Å². The van der Waals surface area contributed by atoms with Gasteiger partial charge in [0.15, 0.2) is 0 Å². The van der Waals surface area contributed by atoms with Gasteiger partial charge in [-0.05, 0) is 26.3 Å². The Balaban J connectivity index is 2.34. The highest BCUT2D eigenvalue weighted by Crippen LogP contribution is 2.18. The van der Waals surface area contributed by atoms with E-state index in [2.05, 4.69) is 41.9 Å². The predicted octanol–water partition coefficient (Wildman–Crippen LogP) is 1.57. The SMILES string of the molecule is CCc1cc(Cc2cnc(N)nc2N)n(C(C)C)n1. The van der Waals surface area contributed by atoms with E-state index in [4.69, 9.17) is 11.5 Å². The summed E-state index contributed by atoms with van der Waals surface area (Å²) in [5.74, 6) is 0.634. The van der Waals surface area contributed by atoms with Crippen molar-refractivity contribution >= 4 is 11.8 Å². The van der Waals surface area contributed by atoms with Gasteiger partial charge in [-0.15, -0.1) is 0 Å². The molecular weight excluding hydrogens is 240 g/mol. The Morgan fingerprint density at radius 3 is 2.63 bits per heavy atom. The molecule has 0 atom stereocenters. The highest BCUT2D eigenvalue weighted by molar-refractivity contribution is 5.43. The molecule has 2 aromatic heterocycles. The molecule has 0 amide bonds. The Kier molecular flexibility index (Phi) is 3.69. The zero-order valence-electron chi connectivity index (χ0n) is 11.6. The van der Waals surface area contributed by atoms with Crippen molar-refractivity contribution < 1.29 is 0 Å². The first-order valence-corrected chi connectivity index (χ1v) is 6.45. The molecule has 19 heavy (non-hydrogen) atoms. The van der Waals surface area contributed by atoms with Crippen LogP contribution in [0.4, 0.5) is 11.8 Å². The van der Waals surface area contributed by atoms with Gasteiger partial charge in [0.05, 0.1) is 5.69 Å². The normalized spacial score (nSPS) is 11.2. The minimum Gasteiger partial charge on any atom is -0.383 e. The fourth-order valence-electron chi connectivity index (χ4n) is 2.01. The Morgan fingerprint density at radius 2 is 2.05 bits per heavy atom. The summed E-state index contributed by atoms with van der Waals surface area (Å²) in [5, 5.41) is 4.58. The lowest BCUT2D eigenvalue weighted by atomic mass is 10.1. The van der Waals surface area contributed by atoms with Crippen LogP contribution in [0.3, 0.4) is 0 Å². The van der Waals surface area contributed by atoms with E-state index in [1.807, 2.05) is 4.68 Å². The van der Waals surface area contributed by atoms with Crippen LogP contribution in [0.1, 0.15) is 43.8 Å². The molecule has 0 aromatic carbocycles. The van der Waals surface area contributed by atoms with Crippen molar-refractivity contribution in [1.82, 2.24) is 19.7 Å². The smallest absolute Gasteiger partial charge is 0.221 e. The topological polar surface area (TPSA) is 95.6 Å². The molecule has 2 rings (SSSR count). The third-order valence-corrected chi connectivity index (χ3v) is 3.00. The van der Waals surface area contributed by atoms with E-state index in [-0.39, 0.29) is 5.95 Å². The quantitative estimate of drug-likeness (QED) is 0.870. The van der Waals surface area contributed by atoms with Crippen molar-refractivity contribution in [2.24, 2.45) is 0 Å². The molecule has 0 aliphatic carbocycles. The van der Waals surface area contributed by atoms with Crippen LogP contribution in [0.15, 0.2) is 12.3 Å². The molecule has 0 aliphatic heterocycles. The molecule has 2 aromatic rings. The van der Waals surface area contributed by atoms with Crippen molar-refractivity contribution in [2.45, 2.75) is 39.7 Å². The first-order valence-electron chi connectivity index (χ1n) is 6.45. The minimum absolute atomic E-state index is 0.202. The number of hydrogen-bond acceptors (Lipinski definition) is 5. The molecule has 0 aliphatic rings. The van der Waals surface area contributed by atoms with Gasteiger partial charge >= 0.3 is 0 Å². The molecule has 6 nitrogen and oxygen atoms in total. The summed E-state index contributed by atoms with van der Waals surface area (Å²) in [6, 6.07) is 2.42. The Morgan fingerprint density at radius 1 is 1.32 bits per heavy atom. The van der Waals surface area contributed by atoms with E-state index in [0.717, 1.165) is 23.4 Å². The van der Waals surface area contributed by atoms with Gasteiger partial charge in [0.1, 0.15) is 5.82 Å². The van der Waals surface area contributed by atoms with E-state index in [9.17, 15) is 0 Å². The van der Waals surface area contributed by atoms with Gasteiger partial charge in [-0.1, -0.05) is 6.92 Å². The summed E-state index contributed by atoms with van der Waals surface area (Å²) in [5.41, 5.74) is 14.5. The van der Waals surface area contributed by atoms with Crippen LogP contribution in [-0.4, -0.2) is 19.7 Å². The number of rotatable bonds is 4. The van der Waals surface area contributed by atoms with Crippen molar-refractivity contribution in [3.05, 3.63) is 29.2 Å². The Labute approximate surface area is 112 Å². The summed E-state index contributed by atoms with van der Waals surface area (Å²) in [4.78, 5) is 7.98. The summed E-state index contributed by atoms with van der Waals surface area (Å²) in [6.07, 6.45) is 3.26. The van der Waals surface area contributed by atoms with Crippen molar-refractivity contribution in [1.29, 1.82) is 0 Å². The average molecular weight is 260 g/mol. The third-order valence-electron chi connectivity index (χ3n) is 3.00. The third kappa shape index (κ3) is 2.83. The lowest BCUT2D eigenvalue weighted by Gasteiger charge is -2.11. The van der Waals surface area contributed by atoms with Gasteiger partial charge in [-0.3, -0.25) is 4.68 Å². The molecule has 6 heteroatoms. The molecule has 0 fully saturated rings. The van der Waals surface area contributed by atoms with Gasteiger partial charge in [0, 0.05) is 29.9 Å². The first kappa shape index (κ1) is 13.3. The van der Waals surface area contributed by atoms with Gasteiger partial charge in [-0.2, -0.15) is 10.1 Å². The van der Waals surface area contributed by atoms with Gasteiger partial charge in [0.2, 0.25) is 5.95 Å². The lowest BCUT2D eigenvalue weighted by Crippen LogP contribution is -2.10. The summed E-state index contributed by atoms with van der Waals surface area (Å²) < 4.78 is 2.02. The fraction of sp³-hybridized carbons (Fsp3) is 0.462. The molecule has 0 saturated heterocycles. The van der Waals surface area contributed by atoms with Crippen molar-refractivity contribution in [2.75, 3.05) is 11.5 Å². The van der Waals surface area contributed by atoms with Crippen LogP contribution in [0.25, 0.3) is 0 Å². The van der Waals surface area contributed by atoms with Crippen LogP contribution >= 0.6 is 0 Å². The first-order chi connectivity index (χ1) is 9.01. The predicted molar refractivity (Wildman–Crippen MR) is 75.7 cm³/mol. The summed E-state index contributed by atoms with van der Waals surface area (Å²) in [6.45, 7) is 6.31. The molecule has 0 bridgehead atoms. The molecule has 2 heterocycles. The maximum Gasteiger partial charge on any atom is 0.221 e. The van der Waals surface area contributed by atoms with Crippen molar-refractivity contribution in [3.63, 3.8) is 0 Å². The molecular formula is C13H20N6. The van der Waals surface area contributed by atoms with Crippen LogP contribution < -0.4 is 11.5 Å². The lowest BCUT2D eigenvalue weighted by molar-refractivity contribution is 0.509. The van der Waals surface area contributed by atoms with E-state index < -0.39 is 0 Å². The number of aryl methyl sites for hydroxylation is 1. The maximum absolute atomic E-state index is 5.87. The molecule has 0 spiro atoms. The van der Waals surface area contributed by atoms with Crippen LogP contribution in [0.5, 0.6) is 0 Å². The number of nitrogens with two attached hydrogens (primary N) is 2. The highest BCUT2D eigenvalue weighted by atomic mass is 15.3. The van der Waals surface area contributed by atoms with E-state index >= 15 is 0 Å². The van der Waals surface area contributed by atoms with Gasteiger partial charge in [-0.25, -0.2) is 4.98 Å².